The van der Waals surface area contributed by atoms with Gasteiger partial charge < -0.3 is 10.6 Å². The minimum atomic E-state index is -0.431. The summed E-state index contributed by atoms with van der Waals surface area (Å²) in [5.41, 5.74) is 3.43. The first-order valence-electron chi connectivity index (χ1n) is 6.61. The predicted octanol–water partition coefficient (Wildman–Crippen LogP) is 3.87. The molecule has 0 radical (unpaired) electrons. The van der Waals surface area contributed by atoms with Crippen molar-refractivity contribution in [2.24, 2.45) is 5.16 Å². The van der Waals surface area contributed by atoms with Gasteiger partial charge in [0.2, 0.25) is 0 Å². The third kappa shape index (κ3) is 3.54. The average Bonchev–Trinajstić information content (AvgIpc) is 2.55. The van der Waals surface area contributed by atoms with Crippen LogP contribution in [0, 0.1) is 15.5 Å². The SMILES string of the molecule is C/C(CC(=N)c1ccc(-c2ccc([N+](=O)[O-])cc2)cc1)=N\O. The van der Waals surface area contributed by atoms with Gasteiger partial charge in [-0.15, -0.1) is 0 Å². The van der Waals surface area contributed by atoms with Crippen molar-refractivity contribution >= 4 is 17.1 Å². The van der Waals surface area contributed by atoms with Gasteiger partial charge in [0, 0.05) is 24.3 Å². The summed E-state index contributed by atoms with van der Waals surface area (Å²) >= 11 is 0. The number of nitrogens with zero attached hydrogens (tertiary/aromatic N) is 2. The van der Waals surface area contributed by atoms with E-state index in [0.717, 1.165) is 16.7 Å². The molecule has 0 saturated carbocycles. The zero-order valence-electron chi connectivity index (χ0n) is 12.0. The summed E-state index contributed by atoms with van der Waals surface area (Å²) < 4.78 is 0. The number of nitro groups is 1. The maximum absolute atomic E-state index is 10.6. The predicted molar refractivity (Wildman–Crippen MR) is 84.9 cm³/mol. The molecule has 0 saturated heterocycles. The summed E-state index contributed by atoms with van der Waals surface area (Å²) in [5.74, 6) is 0. The molecule has 0 amide bonds. The van der Waals surface area contributed by atoms with Crippen molar-refractivity contribution in [3.05, 3.63) is 64.2 Å². The number of oxime groups is 1. The highest BCUT2D eigenvalue weighted by Gasteiger charge is 2.07. The monoisotopic (exact) mass is 297 g/mol. The Hall–Kier alpha value is -3.02. The smallest absolute Gasteiger partial charge is 0.269 e. The largest absolute Gasteiger partial charge is 0.411 e. The summed E-state index contributed by atoms with van der Waals surface area (Å²) in [6.07, 6.45) is 0.285. The average molecular weight is 297 g/mol. The highest BCUT2D eigenvalue weighted by Crippen LogP contribution is 2.23. The fourth-order valence-electron chi connectivity index (χ4n) is 2.03. The van der Waals surface area contributed by atoms with Crippen molar-refractivity contribution in [2.75, 3.05) is 0 Å². The number of hydrogen-bond donors (Lipinski definition) is 2. The van der Waals surface area contributed by atoms with Gasteiger partial charge in [0.05, 0.1) is 10.6 Å². The minimum absolute atomic E-state index is 0.0564. The first kappa shape index (κ1) is 15.4. The molecule has 2 aromatic carbocycles. The van der Waals surface area contributed by atoms with Gasteiger partial charge in [-0.3, -0.25) is 10.1 Å². The van der Waals surface area contributed by atoms with E-state index in [9.17, 15) is 10.1 Å². The van der Waals surface area contributed by atoms with Gasteiger partial charge in [0.15, 0.2) is 0 Å². The Morgan fingerprint density at radius 3 is 2.09 bits per heavy atom. The molecule has 0 spiro atoms. The van der Waals surface area contributed by atoms with Crippen LogP contribution < -0.4 is 0 Å². The lowest BCUT2D eigenvalue weighted by atomic mass is 10.00. The van der Waals surface area contributed by atoms with Crippen LogP contribution in [0.2, 0.25) is 0 Å². The van der Waals surface area contributed by atoms with Crippen LogP contribution in [0.1, 0.15) is 18.9 Å². The molecule has 0 atom stereocenters. The maximum Gasteiger partial charge on any atom is 0.269 e. The lowest BCUT2D eigenvalue weighted by molar-refractivity contribution is -0.384. The molecule has 0 aliphatic carbocycles. The molecule has 0 aliphatic rings. The van der Waals surface area contributed by atoms with Gasteiger partial charge in [0.25, 0.3) is 5.69 Å². The van der Waals surface area contributed by atoms with Gasteiger partial charge in [-0.1, -0.05) is 29.4 Å². The van der Waals surface area contributed by atoms with E-state index in [0.29, 0.717) is 11.4 Å². The van der Waals surface area contributed by atoms with Crippen LogP contribution in [0.3, 0.4) is 0 Å². The summed E-state index contributed by atoms with van der Waals surface area (Å²) in [7, 11) is 0. The van der Waals surface area contributed by atoms with E-state index in [2.05, 4.69) is 5.16 Å². The zero-order valence-corrected chi connectivity index (χ0v) is 12.0. The van der Waals surface area contributed by atoms with Crippen molar-refractivity contribution in [3.8, 4) is 11.1 Å². The van der Waals surface area contributed by atoms with Crippen molar-refractivity contribution in [1.82, 2.24) is 0 Å². The highest BCUT2D eigenvalue weighted by atomic mass is 16.6. The second-order valence-electron chi connectivity index (χ2n) is 4.87. The van der Waals surface area contributed by atoms with E-state index >= 15 is 0 Å². The van der Waals surface area contributed by atoms with Crippen molar-refractivity contribution in [3.63, 3.8) is 0 Å². The lowest BCUT2D eigenvalue weighted by Crippen LogP contribution is -2.05. The first-order chi connectivity index (χ1) is 10.5. The van der Waals surface area contributed by atoms with Crippen LogP contribution in [-0.2, 0) is 0 Å². The minimum Gasteiger partial charge on any atom is -0.411 e. The normalized spacial score (nSPS) is 11.2. The van der Waals surface area contributed by atoms with E-state index < -0.39 is 4.92 Å². The van der Waals surface area contributed by atoms with E-state index in [1.165, 1.54) is 12.1 Å². The molecule has 22 heavy (non-hydrogen) atoms. The molecule has 0 unspecified atom stereocenters. The molecule has 6 nitrogen and oxygen atoms in total. The van der Waals surface area contributed by atoms with Crippen LogP contribution >= 0.6 is 0 Å². The second kappa shape index (κ2) is 6.62. The molecule has 6 heteroatoms. The number of nitro benzene ring substituents is 1. The summed E-state index contributed by atoms with van der Waals surface area (Å²) in [6.45, 7) is 1.65. The Morgan fingerprint density at radius 2 is 1.64 bits per heavy atom. The molecular weight excluding hydrogens is 282 g/mol. The number of nitrogens with one attached hydrogen (secondary N) is 1. The Morgan fingerprint density at radius 1 is 1.14 bits per heavy atom. The Bertz CT molecular complexity index is 719. The number of non-ortho nitro benzene ring substituents is 1. The van der Waals surface area contributed by atoms with Gasteiger partial charge in [-0.25, -0.2) is 0 Å². The summed E-state index contributed by atoms with van der Waals surface area (Å²) in [4.78, 5) is 10.2. The summed E-state index contributed by atoms with van der Waals surface area (Å²) in [6, 6.07) is 13.7. The molecule has 2 rings (SSSR count). The quantitative estimate of drug-likeness (QED) is 0.379. The third-order valence-electron chi connectivity index (χ3n) is 3.25. The highest BCUT2D eigenvalue weighted by molar-refractivity contribution is 6.10. The molecule has 0 bridgehead atoms. The van der Waals surface area contributed by atoms with Crippen LogP contribution in [0.15, 0.2) is 53.7 Å². The zero-order chi connectivity index (χ0) is 16.1. The number of rotatable bonds is 5. The van der Waals surface area contributed by atoms with E-state index in [4.69, 9.17) is 10.6 Å². The molecular formula is C16H15N3O3. The van der Waals surface area contributed by atoms with Gasteiger partial charge in [-0.2, -0.15) is 0 Å². The van der Waals surface area contributed by atoms with E-state index in [-0.39, 0.29) is 12.1 Å². The number of hydrogen-bond acceptors (Lipinski definition) is 5. The van der Waals surface area contributed by atoms with Crippen molar-refractivity contribution in [2.45, 2.75) is 13.3 Å². The molecule has 0 fully saturated rings. The second-order valence-corrected chi connectivity index (χ2v) is 4.87. The van der Waals surface area contributed by atoms with Crippen LogP contribution in [0.25, 0.3) is 11.1 Å². The first-order valence-corrected chi connectivity index (χ1v) is 6.61. The standard InChI is InChI=1S/C16H15N3O3/c1-11(18-20)10-16(17)14-4-2-12(3-5-14)13-6-8-15(9-7-13)19(21)22/h2-9,17,20H,10H2,1H3/b17-16?,18-11+. The van der Waals surface area contributed by atoms with Gasteiger partial charge in [-0.05, 0) is 35.7 Å². The fourth-order valence-corrected chi connectivity index (χ4v) is 2.03. The third-order valence-corrected chi connectivity index (χ3v) is 3.25. The fraction of sp³-hybridized carbons (Fsp3) is 0.125. The molecule has 0 aromatic heterocycles. The molecule has 0 heterocycles. The molecule has 2 aromatic rings. The maximum atomic E-state index is 10.6. The topological polar surface area (TPSA) is 99.6 Å². The van der Waals surface area contributed by atoms with Crippen molar-refractivity contribution < 1.29 is 10.1 Å². The van der Waals surface area contributed by atoms with Gasteiger partial charge in [0.1, 0.15) is 0 Å². The number of benzene rings is 2. The van der Waals surface area contributed by atoms with Gasteiger partial charge >= 0.3 is 0 Å². The van der Waals surface area contributed by atoms with Crippen LogP contribution in [-0.4, -0.2) is 21.6 Å². The summed E-state index contributed by atoms with van der Waals surface area (Å²) in [5, 5.41) is 30.3. The van der Waals surface area contributed by atoms with E-state index in [1.807, 2.05) is 24.3 Å². The Balaban J connectivity index is 2.18. The molecule has 0 aliphatic heterocycles. The Labute approximate surface area is 127 Å². The lowest BCUT2D eigenvalue weighted by Gasteiger charge is -2.06. The van der Waals surface area contributed by atoms with Crippen molar-refractivity contribution in [1.29, 1.82) is 5.41 Å². The van der Waals surface area contributed by atoms with E-state index in [1.54, 1.807) is 19.1 Å². The van der Waals surface area contributed by atoms with Crippen LogP contribution in [0.5, 0.6) is 0 Å². The Kier molecular flexibility index (Phi) is 4.63. The molecule has 2 N–H and O–H groups in total. The van der Waals surface area contributed by atoms with Crippen LogP contribution in [0.4, 0.5) is 5.69 Å². The molecule has 112 valence electrons.